The van der Waals surface area contributed by atoms with Crippen molar-refractivity contribution in [3.8, 4) is 0 Å². The zero-order valence-corrected chi connectivity index (χ0v) is 15.0. The van der Waals surface area contributed by atoms with Crippen LogP contribution >= 0.6 is 23.1 Å². The summed E-state index contributed by atoms with van der Waals surface area (Å²) in [6.45, 7) is 6.40. The van der Waals surface area contributed by atoms with Gasteiger partial charge >= 0.3 is 0 Å². The fraction of sp³-hybridized carbons (Fsp3) is 0.625. The molecule has 3 rings (SSSR count). The van der Waals surface area contributed by atoms with E-state index in [1.165, 1.54) is 29.9 Å². The van der Waals surface area contributed by atoms with Crippen molar-refractivity contribution in [2.45, 2.75) is 67.9 Å². The molecule has 120 valence electrons. The van der Waals surface area contributed by atoms with Crippen molar-refractivity contribution in [2.75, 3.05) is 5.32 Å². The van der Waals surface area contributed by atoms with Crippen LogP contribution in [0.2, 0.25) is 0 Å². The molecule has 0 saturated heterocycles. The fourth-order valence-corrected chi connectivity index (χ4v) is 4.30. The standard InChI is InChI=1S/C16H23N3OS2/c1-16(2,3)12-8-17-13(20-12)10-21-14-9-18-15(22-14)19-11-6-4-5-7-11/h8-9,11H,4-7,10H2,1-3H3,(H,18,19). The summed E-state index contributed by atoms with van der Waals surface area (Å²) in [5.41, 5.74) is 0.0127. The smallest absolute Gasteiger partial charge is 0.204 e. The van der Waals surface area contributed by atoms with Gasteiger partial charge in [0.15, 0.2) is 5.13 Å². The van der Waals surface area contributed by atoms with E-state index in [-0.39, 0.29) is 5.41 Å². The number of aromatic nitrogens is 2. The van der Waals surface area contributed by atoms with Crippen LogP contribution in [0.15, 0.2) is 21.0 Å². The van der Waals surface area contributed by atoms with Gasteiger partial charge < -0.3 is 9.73 Å². The van der Waals surface area contributed by atoms with E-state index >= 15 is 0 Å². The summed E-state index contributed by atoms with van der Waals surface area (Å²) >= 11 is 3.46. The molecule has 0 aliphatic heterocycles. The third-order valence-corrected chi connectivity index (χ3v) is 5.91. The molecule has 4 nitrogen and oxygen atoms in total. The zero-order valence-electron chi connectivity index (χ0n) is 13.4. The Kier molecular flexibility index (Phi) is 4.78. The van der Waals surface area contributed by atoms with E-state index in [0.29, 0.717) is 6.04 Å². The van der Waals surface area contributed by atoms with Crippen molar-refractivity contribution >= 4 is 28.2 Å². The highest BCUT2D eigenvalue weighted by Gasteiger charge is 2.19. The summed E-state index contributed by atoms with van der Waals surface area (Å²) in [5, 5.41) is 4.58. The molecular formula is C16H23N3OS2. The Hall–Kier alpha value is -1.01. The van der Waals surface area contributed by atoms with Gasteiger partial charge in [-0.25, -0.2) is 9.97 Å². The molecule has 0 atom stereocenters. The maximum atomic E-state index is 5.82. The average Bonchev–Trinajstić information content (AvgIpc) is 3.17. The first-order chi connectivity index (χ1) is 10.5. The van der Waals surface area contributed by atoms with Gasteiger partial charge in [-0.2, -0.15) is 0 Å². The van der Waals surface area contributed by atoms with Crippen molar-refractivity contribution in [2.24, 2.45) is 0 Å². The van der Waals surface area contributed by atoms with Gasteiger partial charge in [0.1, 0.15) is 5.76 Å². The SMILES string of the molecule is CC(C)(C)c1cnc(CSc2cnc(NC3CCCC3)s2)o1. The Morgan fingerprint density at radius 3 is 2.73 bits per heavy atom. The van der Waals surface area contributed by atoms with Crippen LogP contribution in [0.1, 0.15) is 58.1 Å². The highest BCUT2D eigenvalue weighted by atomic mass is 32.2. The molecule has 1 N–H and O–H groups in total. The first-order valence-corrected chi connectivity index (χ1v) is 9.61. The second-order valence-electron chi connectivity index (χ2n) is 6.77. The van der Waals surface area contributed by atoms with Crippen molar-refractivity contribution in [3.05, 3.63) is 24.0 Å². The molecule has 22 heavy (non-hydrogen) atoms. The lowest BCUT2D eigenvalue weighted by molar-refractivity contribution is 0.391. The Labute approximate surface area is 140 Å². The van der Waals surface area contributed by atoms with Gasteiger partial charge in [0.05, 0.1) is 22.4 Å². The monoisotopic (exact) mass is 337 g/mol. The summed E-state index contributed by atoms with van der Waals surface area (Å²) in [6, 6.07) is 0.616. The average molecular weight is 338 g/mol. The lowest BCUT2D eigenvalue weighted by atomic mass is 9.94. The van der Waals surface area contributed by atoms with Crippen LogP contribution in [0.4, 0.5) is 5.13 Å². The highest BCUT2D eigenvalue weighted by molar-refractivity contribution is 8.00. The van der Waals surface area contributed by atoms with Crippen molar-refractivity contribution < 1.29 is 4.42 Å². The number of anilines is 1. The Morgan fingerprint density at radius 2 is 2.05 bits per heavy atom. The number of nitrogens with zero attached hydrogens (tertiary/aromatic N) is 2. The maximum Gasteiger partial charge on any atom is 0.204 e. The van der Waals surface area contributed by atoms with Gasteiger partial charge in [-0.3, -0.25) is 0 Å². The van der Waals surface area contributed by atoms with Crippen LogP contribution in [-0.2, 0) is 11.2 Å². The Balaban J connectivity index is 1.53. The summed E-state index contributed by atoms with van der Waals surface area (Å²) in [7, 11) is 0. The molecule has 1 saturated carbocycles. The number of hydrogen-bond donors (Lipinski definition) is 1. The van der Waals surface area contributed by atoms with Crippen molar-refractivity contribution in [3.63, 3.8) is 0 Å². The molecular weight excluding hydrogens is 314 g/mol. The van der Waals surface area contributed by atoms with Crippen molar-refractivity contribution in [1.82, 2.24) is 9.97 Å². The summed E-state index contributed by atoms with van der Waals surface area (Å²) in [4.78, 5) is 8.84. The van der Waals surface area contributed by atoms with Crippen LogP contribution in [0, 0.1) is 0 Å². The highest BCUT2D eigenvalue weighted by Crippen LogP contribution is 2.33. The lowest BCUT2D eigenvalue weighted by Crippen LogP contribution is -2.13. The topological polar surface area (TPSA) is 51.0 Å². The summed E-state index contributed by atoms with van der Waals surface area (Å²) in [5.74, 6) is 2.48. The predicted octanol–water partition coefficient (Wildman–Crippen LogP) is 5.08. The molecule has 2 aromatic heterocycles. The van der Waals surface area contributed by atoms with E-state index in [4.69, 9.17) is 4.42 Å². The van der Waals surface area contributed by atoms with Gasteiger partial charge in [-0.05, 0) is 12.8 Å². The first kappa shape index (κ1) is 15.9. The largest absolute Gasteiger partial charge is 0.444 e. The summed E-state index contributed by atoms with van der Waals surface area (Å²) < 4.78 is 7.03. The van der Waals surface area contributed by atoms with Crippen LogP contribution in [-0.4, -0.2) is 16.0 Å². The van der Waals surface area contributed by atoms with Gasteiger partial charge in [-0.1, -0.05) is 44.9 Å². The van der Waals surface area contributed by atoms with Crippen molar-refractivity contribution in [1.29, 1.82) is 0 Å². The van der Waals surface area contributed by atoms with Gasteiger partial charge in [0, 0.05) is 11.5 Å². The quantitative estimate of drug-likeness (QED) is 0.771. The lowest BCUT2D eigenvalue weighted by Gasteiger charge is -2.12. The van der Waals surface area contributed by atoms with E-state index in [1.54, 1.807) is 23.1 Å². The fourth-order valence-electron chi connectivity index (χ4n) is 2.49. The molecule has 2 aromatic rings. The first-order valence-electron chi connectivity index (χ1n) is 7.81. The van der Waals surface area contributed by atoms with E-state index < -0.39 is 0 Å². The van der Waals surface area contributed by atoms with Gasteiger partial charge in [0.25, 0.3) is 0 Å². The summed E-state index contributed by atoms with van der Waals surface area (Å²) in [6.07, 6.45) is 9.01. The number of nitrogens with one attached hydrogen (secondary N) is 1. The molecule has 0 unspecified atom stereocenters. The van der Waals surface area contributed by atoms with Crippen LogP contribution < -0.4 is 5.32 Å². The molecule has 1 aliphatic carbocycles. The molecule has 0 radical (unpaired) electrons. The normalized spacial score (nSPS) is 16.3. The van der Waals surface area contributed by atoms with E-state index in [0.717, 1.165) is 22.5 Å². The van der Waals surface area contributed by atoms with E-state index in [1.807, 2.05) is 12.4 Å². The number of rotatable bonds is 5. The Morgan fingerprint density at radius 1 is 1.27 bits per heavy atom. The number of oxazole rings is 1. The molecule has 1 aliphatic rings. The van der Waals surface area contributed by atoms with Crippen LogP contribution in [0.5, 0.6) is 0 Å². The van der Waals surface area contributed by atoms with E-state index in [9.17, 15) is 0 Å². The van der Waals surface area contributed by atoms with Crippen LogP contribution in [0.3, 0.4) is 0 Å². The van der Waals surface area contributed by atoms with Gasteiger partial charge in [0.2, 0.25) is 5.89 Å². The predicted molar refractivity (Wildman–Crippen MR) is 92.8 cm³/mol. The molecule has 6 heteroatoms. The molecule has 2 heterocycles. The number of thiazole rings is 1. The third kappa shape index (κ3) is 4.04. The van der Waals surface area contributed by atoms with Gasteiger partial charge in [-0.15, -0.1) is 11.8 Å². The van der Waals surface area contributed by atoms with E-state index in [2.05, 4.69) is 36.1 Å². The molecule has 1 fully saturated rings. The minimum Gasteiger partial charge on any atom is -0.444 e. The minimum atomic E-state index is 0.0127. The zero-order chi connectivity index (χ0) is 15.6. The molecule has 0 amide bonds. The second kappa shape index (κ2) is 6.62. The third-order valence-electron chi connectivity index (χ3n) is 3.80. The maximum absolute atomic E-state index is 5.82. The minimum absolute atomic E-state index is 0.0127. The molecule has 0 spiro atoms. The molecule has 0 aromatic carbocycles. The Bertz CT molecular complexity index is 609. The second-order valence-corrected chi connectivity index (χ2v) is 9.07. The number of hydrogen-bond acceptors (Lipinski definition) is 6. The molecule has 0 bridgehead atoms. The number of thioether (sulfide) groups is 1. The van der Waals surface area contributed by atoms with Crippen LogP contribution in [0.25, 0.3) is 0 Å².